The third-order valence-electron chi connectivity index (χ3n) is 7.48. The van der Waals surface area contributed by atoms with Crippen LogP contribution >= 0.6 is 0 Å². The van der Waals surface area contributed by atoms with Crippen molar-refractivity contribution in [3.63, 3.8) is 0 Å². The molecule has 5 heteroatoms. The van der Waals surface area contributed by atoms with Crippen LogP contribution in [-0.2, 0) is 21.6 Å². The lowest BCUT2D eigenvalue weighted by molar-refractivity contribution is -0.899. The molecule has 176 valence electrons. The summed E-state index contributed by atoms with van der Waals surface area (Å²) >= 11 is 0. The number of hydrogen-bond donors (Lipinski definition) is 2. The van der Waals surface area contributed by atoms with Gasteiger partial charge < -0.3 is 19.4 Å². The molecule has 3 aromatic rings. The van der Waals surface area contributed by atoms with E-state index in [9.17, 15) is 15.0 Å². The number of hydrogen-bond acceptors (Lipinski definition) is 4. The number of unbranched alkanes of at least 4 members (excludes halogenated alkanes) is 1. The summed E-state index contributed by atoms with van der Waals surface area (Å²) < 4.78 is 6.84. The largest absolute Gasteiger partial charge is 0.508 e. The fourth-order valence-corrected chi connectivity index (χ4v) is 5.58. The molecule has 0 bridgehead atoms. The minimum atomic E-state index is -1.76. The van der Waals surface area contributed by atoms with E-state index >= 15 is 0 Å². The molecule has 1 aliphatic carbocycles. The van der Waals surface area contributed by atoms with Gasteiger partial charge in [-0.05, 0) is 48.1 Å². The number of aromatic hydroxyl groups is 1. The molecule has 5 rings (SSSR count). The number of aliphatic hydroxyl groups is 1. The van der Waals surface area contributed by atoms with Crippen molar-refractivity contribution in [3.05, 3.63) is 89.5 Å². The maximum Gasteiger partial charge on any atom is 0.348 e. The zero-order valence-electron chi connectivity index (χ0n) is 19.6. The van der Waals surface area contributed by atoms with Gasteiger partial charge in [0.25, 0.3) is 0 Å². The number of phenols is 1. The molecule has 1 saturated heterocycles. The van der Waals surface area contributed by atoms with E-state index < -0.39 is 11.6 Å². The summed E-state index contributed by atoms with van der Waals surface area (Å²) in [4.78, 5) is 13.4. The first kappa shape index (κ1) is 22.6. The van der Waals surface area contributed by atoms with Gasteiger partial charge in [0, 0.05) is 17.5 Å². The van der Waals surface area contributed by atoms with E-state index in [0.717, 1.165) is 60.9 Å². The quantitative estimate of drug-likeness (QED) is 0.313. The molecule has 2 atom stereocenters. The number of likely N-dealkylation sites (tertiary alicyclic amines) is 1. The minimum absolute atomic E-state index is 0.196. The molecule has 0 aromatic heterocycles. The summed E-state index contributed by atoms with van der Waals surface area (Å²) in [7, 11) is 2.23. The van der Waals surface area contributed by atoms with Crippen LogP contribution in [0.15, 0.2) is 72.8 Å². The van der Waals surface area contributed by atoms with Crippen LogP contribution in [0.5, 0.6) is 5.75 Å². The van der Waals surface area contributed by atoms with Crippen molar-refractivity contribution in [3.8, 4) is 16.9 Å². The predicted octanol–water partition coefficient (Wildman–Crippen LogP) is 4.39. The van der Waals surface area contributed by atoms with E-state index in [4.69, 9.17) is 4.74 Å². The van der Waals surface area contributed by atoms with Gasteiger partial charge in [0.1, 0.15) is 12.3 Å². The maximum absolute atomic E-state index is 13.4. The standard InChI is InChI=1S/C29H31NO4/c1-30(18-7-6-8-21-13-15-22(31)16-14-21)19-17-23(20-30)34-28(32)29(33)26-11-4-2-9-24(26)25-10-3-5-12-27(25)29/h2-5,9-16,23,33H,6-8,17-20H2,1H3/p+1/t23-,30?/m1/s1. The van der Waals surface area contributed by atoms with E-state index in [-0.39, 0.29) is 6.10 Å². The molecule has 0 saturated carbocycles. The van der Waals surface area contributed by atoms with Gasteiger partial charge in [-0.15, -0.1) is 0 Å². The fraction of sp³-hybridized carbons (Fsp3) is 0.345. The highest BCUT2D eigenvalue weighted by Gasteiger charge is 2.50. The van der Waals surface area contributed by atoms with Crippen LogP contribution < -0.4 is 0 Å². The maximum atomic E-state index is 13.4. The van der Waals surface area contributed by atoms with Crippen LogP contribution in [0.1, 0.15) is 36.0 Å². The average Bonchev–Trinajstić information content (AvgIpc) is 3.35. The highest BCUT2D eigenvalue weighted by molar-refractivity contribution is 5.96. The molecule has 0 amide bonds. The molecular weight excluding hydrogens is 426 g/mol. The summed E-state index contributed by atoms with van der Waals surface area (Å²) in [6.45, 7) is 2.76. The van der Waals surface area contributed by atoms with Crippen molar-refractivity contribution in [1.82, 2.24) is 0 Å². The van der Waals surface area contributed by atoms with Gasteiger partial charge in [-0.2, -0.15) is 0 Å². The highest BCUT2D eigenvalue weighted by atomic mass is 16.6. The normalized spacial score (nSPS) is 22.2. The topological polar surface area (TPSA) is 66.8 Å². The molecule has 2 N–H and O–H groups in total. The Kier molecular flexibility index (Phi) is 5.92. The summed E-state index contributed by atoms with van der Waals surface area (Å²) in [6, 6.07) is 22.5. The Labute approximate surface area is 200 Å². The number of benzene rings is 3. The van der Waals surface area contributed by atoms with E-state index in [2.05, 4.69) is 7.05 Å². The number of fused-ring (bicyclic) bond motifs is 3. The van der Waals surface area contributed by atoms with Crippen molar-refractivity contribution in [1.29, 1.82) is 0 Å². The van der Waals surface area contributed by atoms with Gasteiger partial charge >= 0.3 is 5.97 Å². The second-order valence-corrected chi connectivity index (χ2v) is 9.99. The summed E-state index contributed by atoms with van der Waals surface area (Å²) in [5.41, 5.74) is 2.45. The number of rotatable bonds is 7. The molecule has 1 unspecified atom stereocenters. The molecule has 0 radical (unpaired) electrons. The number of likely N-dealkylation sites (N-methyl/N-ethyl adjacent to an activating group) is 1. The van der Waals surface area contributed by atoms with Crippen LogP contribution in [0.3, 0.4) is 0 Å². The zero-order chi connectivity index (χ0) is 23.8. The lowest BCUT2D eigenvalue weighted by Gasteiger charge is -2.30. The van der Waals surface area contributed by atoms with E-state index in [1.807, 2.05) is 60.7 Å². The summed E-state index contributed by atoms with van der Waals surface area (Å²) in [5, 5.41) is 21.1. The van der Waals surface area contributed by atoms with Crippen LogP contribution in [0.4, 0.5) is 0 Å². The average molecular weight is 459 g/mol. The van der Waals surface area contributed by atoms with Crippen LogP contribution in [0, 0.1) is 0 Å². The Hall–Kier alpha value is -3.15. The monoisotopic (exact) mass is 458 g/mol. The first-order chi connectivity index (χ1) is 16.4. The number of esters is 1. The first-order valence-corrected chi connectivity index (χ1v) is 12.1. The van der Waals surface area contributed by atoms with Gasteiger partial charge in [0.15, 0.2) is 6.10 Å². The molecular formula is C29H32NO4+. The van der Waals surface area contributed by atoms with E-state index in [1.54, 1.807) is 12.1 Å². The SMILES string of the molecule is C[N+]1(CCCCc2ccc(O)cc2)CC[C@@H](OC(=O)C2(O)c3ccccc3-c3ccccc32)C1. The van der Waals surface area contributed by atoms with E-state index in [1.165, 1.54) is 5.56 Å². The second kappa shape index (κ2) is 8.90. The Morgan fingerprint density at radius 3 is 2.24 bits per heavy atom. The third kappa shape index (κ3) is 4.10. The van der Waals surface area contributed by atoms with Crippen molar-refractivity contribution >= 4 is 5.97 Å². The van der Waals surface area contributed by atoms with Gasteiger partial charge in [0.2, 0.25) is 5.60 Å². The van der Waals surface area contributed by atoms with Crippen LogP contribution in [0.25, 0.3) is 11.1 Å². The number of quaternary nitrogens is 1. The molecule has 34 heavy (non-hydrogen) atoms. The number of carbonyl (C=O) groups is 1. The Morgan fingerprint density at radius 1 is 0.971 bits per heavy atom. The Bertz CT molecular complexity index is 1140. The number of nitrogens with zero attached hydrogens (tertiary/aromatic N) is 1. The van der Waals surface area contributed by atoms with Gasteiger partial charge in [-0.3, -0.25) is 0 Å². The minimum Gasteiger partial charge on any atom is -0.508 e. The molecule has 0 spiro atoms. The number of ether oxygens (including phenoxy) is 1. The van der Waals surface area contributed by atoms with Crippen molar-refractivity contribution < 1.29 is 24.2 Å². The van der Waals surface area contributed by atoms with E-state index in [0.29, 0.717) is 16.9 Å². The number of carbonyl (C=O) groups excluding carboxylic acids is 1. The third-order valence-corrected chi connectivity index (χ3v) is 7.48. The Balaban J connectivity index is 1.20. The van der Waals surface area contributed by atoms with Crippen molar-refractivity contribution in [2.75, 3.05) is 26.7 Å². The van der Waals surface area contributed by atoms with Gasteiger partial charge in [-0.25, -0.2) is 4.79 Å². The summed E-state index contributed by atoms with van der Waals surface area (Å²) in [6.07, 6.45) is 3.77. The second-order valence-electron chi connectivity index (χ2n) is 9.99. The molecule has 2 aliphatic rings. The van der Waals surface area contributed by atoms with Gasteiger partial charge in [0.05, 0.1) is 20.1 Å². The summed E-state index contributed by atoms with van der Waals surface area (Å²) in [5.74, 6) is -0.274. The first-order valence-electron chi connectivity index (χ1n) is 12.1. The van der Waals surface area contributed by atoms with Crippen molar-refractivity contribution in [2.45, 2.75) is 37.4 Å². The number of aryl methyl sites for hydroxylation is 1. The molecule has 3 aromatic carbocycles. The van der Waals surface area contributed by atoms with Gasteiger partial charge in [-0.1, -0.05) is 60.7 Å². The van der Waals surface area contributed by atoms with Crippen LogP contribution in [-0.4, -0.2) is 53.5 Å². The number of phenolic OH excluding ortho intramolecular Hbond substituents is 1. The zero-order valence-corrected chi connectivity index (χ0v) is 19.6. The van der Waals surface area contributed by atoms with Crippen molar-refractivity contribution in [2.24, 2.45) is 0 Å². The molecule has 1 heterocycles. The van der Waals surface area contributed by atoms with Crippen LogP contribution in [0.2, 0.25) is 0 Å². The smallest absolute Gasteiger partial charge is 0.348 e. The molecule has 5 nitrogen and oxygen atoms in total. The highest BCUT2D eigenvalue weighted by Crippen LogP contribution is 2.48. The lowest BCUT2D eigenvalue weighted by Crippen LogP contribution is -2.44. The fourth-order valence-electron chi connectivity index (χ4n) is 5.58. The molecule has 1 aliphatic heterocycles. The molecule has 1 fully saturated rings. The Morgan fingerprint density at radius 2 is 1.59 bits per heavy atom. The predicted molar refractivity (Wildman–Crippen MR) is 131 cm³/mol. The lowest BCUT2D eigenvalue weighted by atomic mass is 9.91.